The third kappa shape index (κ3) is 5.82. The third-order valence-electron chi connectivity index (χ3n) is 4.22. The Morgan fingerprint density at radius 3 is 2.81 bits per heavy atom. The predicted octanol–water partition coefficient (Wildman–Crippen LogP) is 5.05. The summed E-state index contributed by atoms with van der Waals surface area (Å²) in [5.41, 5.74) is 1.37. The number of Topliss-reactive ketones (excluding diaryl/α,β-unsaturated/α-hetero) is 1. The van der Waals surface area contributed by atoms with E-state index in [1.807, 2.05) is 12.1 Å². The molecular weight excluding hydrogens is 263 g/mol. The second-order valence-corrected chi connectivity index (χ2v) is 6.00. The summed E-state index contributed by atoms with van der Waals surface area (Å²) in [7, 11) is 0. The highest BCUT2D eigenvalue weighted by atomic mass is 19.1. The van der Waals surface area contributed by atoms with Crippen LogP contribution in [0.5, 0.6) is 0 Å². The van der Waals surface area contributed by atoms with Crippen LogP contribution in [-0.2, 0) is 11.2 Å². The van der Waals surface area contributed by atoms with Crippen molar-refractivity contribution in [1.29, 1.82) is 0 Å². The summed E-state index contributed by atoms with van der Waals surface area (Å²) in [6.07, 6.45) is 9.70. The molecule has 0 bridgehead atoms. The van der Waals surface area contributed by atoms with E-state index >= 15 is 0 Å². The molecule has 1 aliphatic carbocycles. The van der Waals surface area contributed by atoms with E-state index in [9.17, 15) is 9.18 Å². The van der Waals surface area contributed by atoms with E-state index in [4.69, 9.17) is 0 Å². The van der Waals surface area contributed by atoms with Gasteiger partial charge in [-0.1, -0.05) is 42.5 Å². The maximum Gasteiger partial charge on any atom is 0.133 e. The van der Waals surface area contributed by atoms with E-state index in [1.165, 1.54) is 5.56 Å². The van der Waals surface area contributed by atoms with Gasteiger partial charge < -0.3 is 0 Å². The quantitative estimate of drug-likeness (QED) is 0.506. The average molecular weight is 288 g/mol. The van der Waals surface area contributed by atoms with Crippen LogP contribution >= 0.6 is 0 Å². The Morgan fingerprint density at radius 2 is 2.05 bits per heavy atom. The van der Waals surface area contributed by atoms with Crippen molar-refractivity contribution in [2.75, 3.05) is 0 Å². The van der Waals surface area contributed by atoms with Gasteiger partial charge in [-0.25, -0.2) is 4.39 Å². The number of unbranched alkanes of at least 4 members (excludes halogenated alkanes) is 2. The number of ketones is 1. The molecule has 114 valence electrons. The largest absolute Gasteiger partial charge is 0.300 e. The van der Waals surface area contributed by atoms with Gasteiger partial charge >= 0.3 is 0 Å². The fourth-order valence-electron chi connectivity index (χ4n) is 2.95. The number of rotatable bonds is 7. The fourth-order valence-corrected chi connectivity index (χ4v) is 2.95. The van der Waals surface area contributed by atoms with Gasteiger partial charge in [-0.2, -0.15) is 0 Å². The van der Waals surface area contributed by atoms with Gasteiger partial charge in [0.1, 0.15) is 12.0 Å². The molecule has 21 heavy (non-hydrogen) atoms. The summed E-state index contributed by atoms with van der Waals surface area (Å²) in [5, 5.41) is 0. The average Bonchev–Trinajstić information content (AvgIpc) is 2.51. The lowest BCUT2D eigenvalue weighted by Gasteiger charge is -2.22. The number of hydrogen-bond donors (Lipinski definition) is 0. The van der Waals surface area contributed by atoms with E-state index in [-0.39, 0.29) is 11.7 Å². The summed E-state index contributed by atoms with van der Waals surface area (Å²) in [6.45, 7) is 0. The summed E-state index contributed by atoms with van der Waals surface area (Å²) < 4.78 is 14.0. The van der Waals surface area contributed by atoms with Gasteiger partial charge in [0.05, 0.1) is 0 Å². The van der Waals surface area contributed by atoms with E-state index in [0.29, 0.717) is 12.8 Å². The molecule has 1 nitrogen and oxygen atoms in total. The predicted molar refractivity (Wildman–Crippen MR) is 85.0 cm³/mol. The van der Waals surface area contributed by atoms with Crippen LogP contribution in [-0.4, -0.2) is 12.0 Å². The molecule has 1 aromatic carbocycles. The molecule has 1 aliphatic rings. The molecule has 1 saturated carbocycles. The Morgan fingerprint density at radius 1 is 1.24 bits per heavy atom. The normalized spacial score (nSPS) is 20.8. The van der Waals surface area contributed by atoms with Crippen molar-refractivity contribution in [3.8, 4) is 0 Å². The molecule has 0 aromatic heterocycles. The molecule has 2 atom stereocenters. The number of carbonyl (C=O) groups excluding carboxylic acids is 1. The standard InChI is InChI=1S/C19H25FO/c20-19(17-12-8-13-18(21)15-17)14-7-2-1-4-9-16-10-5-3-6-11-16/h3,5-7,10-11,14,17,19H,1-2,4,8-9,12-13,15H2/b14-7+/t17-,19+/m1/s1. The Labute approximate surface area is 127 Å². The van der Waals surface area contributed by atoms with Crippen LogP contribution in [0.4, 0.5) is 4.39 Å². The number of aryl methyl sites for hydroxylation is 1. The van der Waals surface area contributed by atoms with Crippen molar-refractivity contribution in [1.82, 2.24) is 0 Å². The zero-order chi connectivity index (χ0) is 14.9. The minimum atomic E-state index is -0.941. The minimum Gasteiger partial charge on any atom is -0.300 e. The highest BCUT2D eigenvalue weighted by Gasteiger charge is 2.25. The zero-order valence-corrected chi connectivity index (χ0v) is 12.6. The maximum absolute atomic E-state index is 14.0. The lowest BCUT2D eigenvalue weighted by molar-refractivity contribution is -0.122. The Bertz CT molecular complexity index is 452. The molecule has 1 fully saturated rings. The minimum absolute atomic E-state index is 0.0770. The monoisotopic (exact) mass is 288 g/mol. The molecule has 2 rings (SSSR count). The van der Waals surface area contributed by atoms with E-state index in [2.05, 4.69) is 24.3 Å². The van der Waals surface area contributed by atoms with Crippen LogP contribution in [0.1, 0.15) is 50.5 Å². The van der Waals surface area contributed by atoms with Crippen molar-refractivity contribution in [3.63, 3.8) is 0 Å². The van der Waals surface area contributed by atoms with Gasteiger partial charge in [-0.15, -0.1) is 0 Å². The van der Waals surface area contributed by atoms with Gasteiger partial charge in [-0.05, 0) is 44.1 Å². The van der Waals surface area contributed by atoms with Gasteiger partial charge in [0, 0.05) is 18.8 Å². The van der Waals surface area contributed by atoms with Crippen LogP contribution < -0.4 is 0 Å². The first-order chi connectivity index (χ1) is 10.3. The molecule has 0 heterocycles. The van der Waals surface area contributed by atoms with Crippen LogP contribution in [0.3, 0.4) is 0 Å². The molecule has 2 heteroatoms. The Hall–Kier alpha value is -1.44. The summed E-state index contributed by atoms with van der Waals surface area (Å²) >= 11 is 0. The number of allylic oxidation sites excluding steroid dienone is 2. The second-order valence-electron chi connectivity index (χ2n) is 6.00. The molecule has 0 amide bonds. The van der Waals surface area contributed by atoms with Crippen molar-refractivity contribution in [2.45, 2.75) is 57.5 Å². The van der Waals surface area contributed by atoms with Crippen LogP contribution in [0, 0.1) is 5.92 Å². The van der Waals surface area contributed by atoms with E-state index in [0.717, 1.165) is 38.5 Å². The summed E-state index contributed by atoms with van der Waals surface area (Å²) in [6, 6.07) is 10.5. The zero-order valence-electron chi connectivity index (χ0n) is 12.6. The molecule has 0 aliphatic heterocycles. The van der Waals surface area contributed by atoms with E-state index < -0.39 is 6.17 Å². The fraction of sp³-hybridized carbons (Fsp3) is 0.526. The Balaban J connectivity index is 1.60. The molecular formula is C19H25FO. The van der Waals surface area contributed by atoms with Crippen molar-refractivity contribution in [2.24, 2.45) is 5.92 Å². The number of carbonyl (C=O) groups is 1. The van der Waals surface area contributed by atoms with Crippen molar-refractivity contribution >= 4 is 5.78 Å². The van der Waals surface area contributed by atoms with Crippen LogP contribution in [0.25, 0.3) is 0 Å². The number of halogens is 1. The van der Waals surface area contributed by atoms with Crippen LogP contribution in [0.2, 0.25) is 0 Å². The first-order valence-electron chi connectivity index (χ1n) is 8.12. The lowest BCUT2D eigenvalue weighted by Crippen LogP contribution is -2.22. The molecule has 0 unspecified atom stereocenters. The van der Waals surface area contributed by atoms with Crippen molar-refractivity contribution < 1.29 is 9.18 Å². The summed E-state index contributed by atoms with van der Waals surface area (Å²) in [5.74, 6) is 0.150. The molecule has 0 spiro atoms. The first kappa shape index (κ1) is 15.9. The van der Waals surface area contributed by atoms with Gasteiger partial charge in [0.25, 0.3) is 0 Å². The van der Waals surface area contributed by atoms with Gasteiger partial charge in [0.15, 0.2) is 0 Å². The number of alkyl halides is 1. The molecule has 1 aromatic rings. The maximum atomic E-state index is 14.0. The number of hydrogen-bond acceptors (Lipinski definition) is 1. The molecule has 0 saturated heterocycles. The molecule has 0 radical (unpaired) electrons. The Kier molecular flexibility index (Phi) is 6.65. The molecule has 0 N–H and O–H groups in total. The van der Waals surface area contributed by atoms with Crippen molar-refractivity contribution in [3.05, 3.63) is 48.0 Å². The smallest absolute Gasteiger partial charge is 0.133 e. The second kappa shape index (κ2) is 8.76. The topological polar surface area (TPSA) is 17.1 Å². The third-order valence-corrected chi connectivity index (χ3v) is 4.22. The van der Waals surface area contributed by atoms with Crippen LogP contribution in [0.15, 0.2) is 42.5 Å². The van der Waals surface area contributed by atoms with Gasteiger partial charge in [0.2, 0.25) is 0 Å². The highest BCUT2D eigenvalue weighted by molar-refractivity contribution is 5.79. The SMILES string of the molecule is O=C1CCC[C@@H]([C@@H](F)/C=C/CCCCc2ccccc2)C1. The first-order valence-corrected chi connectivity index (χ1v) is 8.12. The highest BCUT2D eigenvalue weighted by Crippen LogP contribution is 2.26. The number of benzene rings is 1. The lowest BCUT2D eigenvalue weighted by atomic mass is 9.85. The summed E-state index contributed by atoms with van der Waals surface area (Å²) in [4.78, 5) is 11.3. The van der Waals surface area contributed by atoms with E-state index in [1.54, 1.807) is 6.08 Å². The van der Waals surface area contributed by atoms with Gasteiger partial charge in [-0.3, -0.25) is 4.79 Å².